The van der Waals surface area contributed by atoms with Gasteiger partial charge in [0.1, 0.15) is 0 Å². The summed E-state index contributed by atoms with van der Waals surface area (Å²) in [6, 6.07) is 8.13. The molecular formula is C25H35N3O3. The second kappa shape index (κ2) is 9.94. The minimum absolute atomic E-state index is 0.0344. The molecule has 1 unspecified atom stereocenters. The lowest BCUT2D eigenvalue weighted by atomic mass is 9.54. The van der Waals surface area contributed by atoms with E-state index in [1.165, 1.54) is 44.9 Å². The summed E-state index contributed by atoms with van der Waals surface area (Å²) in [7, 11) is 0. The van der Waals surface area contributed by atoms with E-state index < -0.39 is 0 Å². The van der Waals surface area contributed by atoms with Gasteiger partial charge in [-0.1, -0.05) is 31.4 Å². The van der Waals surface area contributed by atoms with Crippen LogP contribution in [0.4, 0.5) is 5.69 Å². The van der Waals surface area contributed by atoms with Gasteiger partial charge in [0, 0.05) is 24.6 Å². The lowest BCUT2D eigenvalue weighted by Gasteiger charge is -2.54. The zero-order valence-corrected chi connectivity index (χ0v) is 18.4. The average molecular weight is 426 g/mol. The highest BCUT2D eigenvalue weighted by Gasteiger charge is 2.47. The van der Waals surface area contributed by atoms with Crippen LogP contribution in [-0.4, -0.2) is 30.3 Å². The molecule has 6 heteroatoms. The minimum Gasteiger partial charge on any atom is -0.326 e. The number of rotatable bonds is 10. The van der Waals surface area contributed by atoms with Crippen LogP contribution in [0.2, 0.25) is 0 Å². The van der Waals surface area contributed by atoms with Crippen molar-refractivity contribution < 1.29 is 14.4 Å². The predicted octanol–water partition coefficient (Wildman–Crippen LogP) is 4.02. The number of benzene rings is 1. The van der Waals surface area contributed by atoms with Crippen LogP contribution in [0.3, 0.4) is 0 Å². The minimum atomic E-state index is -0.291. The number of nitrogens with one attached hydrogen (secondary N) is 3. The van der Waals surface area contributed by atoms with E-state index in [1.807, 2.05) is 24.3 Å². The van der Waals surface area contributed by atoms with Crippen LogP contribution < -0.4 is 16.0 Å². The monoisotopic (exact) mass is 425 g/mol. The highest BCUT2D eigenvalue weighted by atomic mass is 16.2. The van der Waals surface area contributed by atoms with Crippen LogP contribution in [-0.2, 0) is 14.4 Å². The summed E-state index contributed by atoms with van der Waals surface area (Å²) in [5, 5.41) is 9.01. The van der Waals surface area contributed by atoms with E-state index >= 15 is 0 Å². The summed E-state index contributed by atoms with van der Waals surface area (Å²) in [4.78, 5) is 35.4. The van der Waals surface area contributed by atoms with Crippen molar-refractivity contribution in [2.75, 3.05) is 11.9 Å². The Labute approximate surface area is 184 Å². The van der Waals surface area contributed by atoms with Crippen molar-refractivity contribution >= 4 is 23.4 Å². The molecule has 168 valence electrons. The Bertz CT molecular complexity index is 793. The number of piperidine rings is 1. The summed E-state index contributed by atoms with van der Waals surface area (Å²) >= 11 is 0. The lowest BCUT2D eigenvalue weighted by Crippen LogP contribution is -2.52. The fourth-order valence-electron chi connectivity index (χ4n) is 5.32. The highest BCUT2D eigenvalue weighted by Crippen LogP contribution is 2.55. The quantitative estimate of drug-likeness (QED) is 0.390. The molecule has 1 atom stereocenters. The average Bonchev–Trinajstić information content (AvgIpc) is 2.68. The molecule has 3 fully saturated rings. The normalized spacial score (nSPS) is 22.5. The van der Waals surface area contributed by atoms with Gasteiger partial charge in [-0.2, -0.15) is 0 Å². The molecule has 3 aliphatic rings. The van der Waals surface area contributed by atoms with E-state index in [0.29, 0.717) is 19.3 Å². The zero-order chi connectivity index (χ0) is 21.7. The first-order valence-electron chi connectivity index (χ1n) is 12.0. The Morgan fingerprint density at radius 1 is 1.03 bits per heavy atom. The summed E-state index contributed by atoms with van der Waals surface area (Å²) < 4.78 is 0. The Morgan fingerprint density at radius 2 is 1.77 bits per heavy atom. The molecule has 6 nitrogen and oxygen atoms in total. The van der Waals surface area contributed by atoms with Crippen molar-refractivity contribution in [1.29, 1.82) is 0 Å². The van der Waals surface area contributed by atoms with E-state index in [0.717, 1.165) is 42.1 Å². The molecule has 2 saturated carbocycles. The Balaban J connectivity index is 1.05. The maximum absolute atomic E-state index is 12.2. The first-order chi connectivity index (χ1) is 15.0. The van der Waals surface area contributed by atoms with E-state index in [1.54, 1.807) is 0 Å². The molecule has 1 aromatic rings. The maximum Gasteiger partial charge on any atom is 0.234 e. The van der Waals surface area contributed by atoms with Crippen molar-refractivity contribution in [3.63, 3.8) is 0 Å². The molecule has 1 saturated heterocycles. The smallest absolute Gasteiger partial charge is 0.234 e. The van der Waals surface area contributed by atoms with Gasteiger partial charge >= 0.3 is 0 Å². The van der Waals surface area contributed by atoms with Crippen LogP contribution in [0, 0.1) is 5.41 Å². The van der Waals surface area contributed by atoms with Crippen LogP contribution >= 0.6 is 0 Å². The second-order valence-corrected chi connectivity index (χ2v) is 9.75. The molecule has 0 radical (unpaired) electrons. The summed E-state index contributed by atoms with van der Waals surface area (Å²) in [5.41, 5.74) is 2.37. The Hall–Kier alpha value is -2.21. The van der Waals surface area contributed by atoms with Crippen molar-refractivity contribution in [3.05, 3.63) is 29.8 Å². The number of hydrogen-bond donors (Lipinski definition) is 3. The Kier molecular flexibility index (Phi) is 7.06. The van der Waals surface area contributed by atoms with Crippen LogP contribution in [0.15, 0.2) is 24.3 Å². The maximum atomic E-state index is 12.2. The van der Waals surface area contributed by atoms with Gasteiger partial charge in [0.15, 0.2) is 0 Å². The summed E-state index contributed by atoms with van der Waals surface area (Å²) in [6.07, 6.45) is 12.9. The number of carbonyl (C=O) groups excluding carboxylic acids is 3. The van der Waals surface area contributed by atoms with Gasteiger partial charge in [0.25, 0.3) is 0 Å². The molecule has 1 aromatic carbocycles. The number of anilines is 1. The predicted molar refractivity (Wildman–Crippen MR) is 121 cm³/mol. The van der Waals surface area contributed by atoms with Crippen molar-refractivity contribution in [2.24, 2.45) is 5.41 Å². The Morgan fingerprint density at radius 3 is 2.45 bits per heavy atom. The van der Waals surface area contributed by atoms with E-state index in [9.17, 15) is 14.4 Å². The SMILES string of the molecule is O=C1CCC(c2ccc(NC(=O)CCCCCCNC3CC4(CCC4)C3)cc2)C(=O)N1. The molecule has 0 bridgehead atoms. The zero-order valence-electron chi connectivity index (χ0n) is 18.4. The largest absolute Gasteiger partial charge is 0.326 e. The summed E-state index contributed by atoms with van der Waals surface area (Å²) in [6.45, 7) is 1.10. The fraction of sp³-hybridized carbons (Fsp3) is 0.640. The topological polar surface area (TPSA) is 87.3 Å². The number of carbonyl (C=O) groups is 3. The first-order valence-corrected chi connectivity index (χ1v) is 12.0. The van der Waals surface area contributed by atoms with Gasteiger partial charge in [-0.25, -0.2) is 0 Å². The second-order valence-electron chi connectivity index (χ2n) is 9.75. The van der Waals surface area contributed by atoms with Crippen LogP contribution in [0.5, 0.6) is 0 Å². The molecule has 1 heterocycles. The van der Waals surface area contributed by atoms with Gasteiger partial charge in [0.05, 0.1) is 5.92 Å². The van der Waals surface area contributed by atoms with Gasteiger partial charge in [0.2, 0.25) is 17.7 Å². The third kappa shape index (κ3) is 5.73. The van der Waals surface area contributed by atoms with Gasteiger partial charge in [-0.3, -0.25) is 19.7 Å². The number of amides is 3. The molecular weight excluding hydrogens is 390 g/mol. The third-order valence-corrected chi connectivity index (χ3v) is 7.37. The molecule has 1 aliphatic heterocycles. The standard InChI is InChI=1S/C25H35N3O3/c29-22(6-3-1-2-4-15-26-20-16-25(17-20)13-5-14-25)27-19-9-7-18(8-10-19)21-11-12-23(30)28-24(21)31/h7-10,20-21,26H,1-6,11-17H2,(H,27,29)(H,28,30,31). The lowest BCUT2D eigenvalue weighted by molar-refractivity contribution is -0.134. The van der Waals surface area contributed by atoms with Gasteiger partial charge < -0.3 is 10.6 Å². The molecule has 3 amide bonds. The first kappa shape index (κ1) is 22.0. The summed E-state index contributed by atoms with van der Waals surface area (Å²) in [5.74, 6) is -0.701. The molecule has 1 spiro atoms. The van der Waals surface area contributed by atoms with Crippen LogP contribution in [0.25, 0.3) is 0 Å². The van der Waals surface area contributed by atoms with Crippen molar-refractivity contribution in [3.8, 4) is 0 Å². The van der Waals surface area contributed by atoms with Crippen LogP contribution in [0.1, 0.15) is 88.5 Å². The molecule has 0 aromatic heterocycles. The third-order valence-electron chi connectivity index (χ3n) is 7.37. The van der Waals surface area contributed by atoms with E-state index in [2.05, 4.69) is 16.0 Å². The van der Waals surface area contributed by atoms with Gasteiger partial charge in [-0.05, 0) is 74.6 Å². The van der Waals surface area contributed by atoms with Crippen molar-refractivity contribution in [1.82, 2.24) is 10.6 Å². The molecule has 3 N–H and O–H groups in total. The molecule has 31 heavy (non-hydrogen) atoms. The van der Waals surface area contributed by atoms with E-state index in [-0.39, 0.29) is 23.6 Å². The number of hydrogen-bond acceptors (Lipinski definition) is 4. The molecule has 4 rings (SSSR count). The molecule has 2 aliphatic carbocycles. The van der Waals surface area contributed by atoms with E-state index in [4.69, 9.17) is 0 Å². The highest BCUT2D eigenvalue weighted by molar-refractivity contribution is 6.01. The fourth-order valence-corrected chi connectivity index (χ4v) is 5.32. The number of imide groups is 1. The van der Waals surface area contributed by atoms with Gasteiger partial charge in [-0.15, -0.1) is 0 Å². The van der Waals surface area contributed by atoms with Crippen molar-refractivity contribution in [2.45, 2.75) is 89.0 Å². The number of unbranched alkanes of at least 4 members (excludes halogenated alkanes) is 3.